The lowest BCUT2D eigenvalue weighted by atomic mass is 10.0. The van der Waals surface area contributed by atoms with E-state index in [-0.39, 0.29) is 18.2 Å². The van der Waals surface area contributed by atoms with Gasteiger partial charge in [-0.3, -0.25) is 4.79 Å². The molecule has 2 N–H and O–H groups in total. The van der Waals surface area contributed by atoms with Crippen molar-refractivity contribution in [3.8, 4) is 0 Å². The predicted octanol–water partition coefficient (Wildman–Crippen LogP) is 8.71. The summed E-state index contributed by atoms with van der Waals surface area (Å²) in [5, 5.41) is 19.9. The summed E-state index contributed by atoms with van der Waals surface area (Å²) in [7, 11) is 0. The molecular weight excluding hydrogens is 422 g/mol. The topological polar surface area (TPSA) is 69.9 Å². The van der Waals surface area contributed by atoms with E-state index >= 15 is 0 Å². The van der Waals surface area contributed by atoms with Crippen LogP contribution in [0.4, 0.5) is 0 Å². The average molecular weight is 482 g/mol. The minimum absolute atomic E-state index is 0.198. The smallest absolute Gasteiger partial charge is 0.245 e. The maximum Gasteiger partial charge on any atom is 0.245 e. The molecule has 4 nitrogen and oxygen atoms in total. The van der Waals surface area contributed by atoms with Crippen LogP contribution in [0.5, 0.6) is 0 Å². The van der Waals surface area contributed by atoms with Crippen LogP contribution in [0.1, 0.15) is 168 Å². The summed E-state index contributed by atoms with van der Waals surface area (Å²) < 4.78 is 0. The molecule has 0 aliphatic carbocycles. The SMILES string of the molecule is CCCCCCCCCCCCCCCC(O)C(CO)=NC(=O)CCCCCCCCCCC. The second-order valence-electron chi connectivity index (χ2n) is 10.3. The largest absolute Gasteiger partial charge is 0.390 e. The van der Waals surface area contributed by atoms with Crippen molar-refractivity contribution in [2.24, 2.45) is 4.99 Å². The lowest BCUT2D eigenvalue weighted by Gasteiger charge is -2.11. The Bertz CT molecular complexity index is 464. The van der Waals surface area contributed by atoms with Gasteiger partial charge in [0.25, 0.3) is 0 Å². The van der Waals surface area contributed by atoms with E-state index < -0.39 is 6.10 Å². The lowest BCUT2D eigenvalue weighted by molar-refractivity contribution is -0.118. The zero-order chi connectivity index (χ0) is 25.1. The second-order valence-corrected chi connectivity index (χ2v) is 10.3. The van der Waals surface area contributed by atoms with Crippen LogP contribution in [-0.4, -0.2) is 34.5 Å². The molecule has 4 heteroatoms. The van der Waals surface area contributed by atoms with Crippen molar-refractivity contribution in [3.05, 3.63) is 0 Å². The molecule has 0 aromatic carbocycles. The van der Waals surface area contributed by atoms with Gasteiger partial charge in [-0.25, -0.2) is 4.99 Å². The van der Waals surface area contributed by atoms with Crippen molar-refractivity contribution < 1.29 is 15.0 Å². The van der Waals surface area contributed by atoms with Gasteiger partial charge in [0.1, 0.15) is 0 Å². The zero-order valence-electron chi connectivity index (χ0n) is 23.0. The molecule has 0 heterocycles. The normalized spacial score (nSPS) is 12.9. The zero-order valence-corrected chi connectivity index (χ0v) is 23.0. The molecule has 1 atom stereocenters. The van der Waals surface area contributed by atoms with Crippen LogP contribution in [-0.2, 0) is 4.79 Å². The summed E-state index contributed by atoms with van der Waals surface area (Å²) in [6.45, 7) is 4.17. The highest BCUT2D eigenvalue weighted by molar-refractivity contribution is 5.98. The number of aliphatic imine (C=N–C) groups is 1. The Hall–Kier alpha value is -0.740. The first kappa shape index (κ1) is 33.3. The number of hydrogen-bond acceptors (Lipinski definition) is 3. The summed E-state index contributed by atoms with van der Waals surface area (Å²) >= 11 is 0. The second kappa shape index (κ2) is 26.9. The molecule has 0 bridgehead atoms. The van der Waals surface area contributed by atoms with E-state index in [1.54, 1.807) is 0 Å². The van der Waals surface area contributed by atoms with Crippen LogP contribution in [0.3, 0.4) is 0 Å². The highest BCUT2D eigenvalue weighted by atomic mass is 16.3. The van der Waals surface area contributed by atoms with Crippen molar-refractivity contribution >= 4 is 11.6 Å². The fourth-order valence-electron chi connectivity index (χ4n) is 4.54. The first-order chi connectivity index (χ1) is 16.7. The Kier molecular flexibility index (Phi) is 26.3. The molecule has 0 aromatic heterocycles. The van der Waals surface area contributed by atoms with Gasteiger partial charge in [0, 0.05) is 6.42 Å². The van der Waals surface area contributed by atoms with Crippen molar-refractivity contribution in [2.75, 3.05) is 6.61 Å². The minimum atomic E-state index is -0.787. The minimum Gasteiger partial charge on any atom is -0.390 e. The molecule has 0 spiro atoms. The van der Waals surface area contributed by atoms with Crippen LogP contribution < -0.4 is 0 Å². The molecule has 34 heavy (non-hydrogen) atoms. The lowest BCUT2D eigenvalue weighted by Crippen LogP contribution is -2.25. The van der Waals surface area contributed by atoms with Gasteiger partial charge < -0.3 is 10.2 Å². The summed E-state index contributed by atoms with van der Waals surface area (Å²) in [5.41, 5.74) is 0.250. The van der Waals surface area contributed by atoms with Gasteiger partial charge in [-0.05, 0) is 12.8 Å². The Labute approximate surface area is 212 Å². The molecule has 0 aromatic rings. The van der Waals surface area contributed by atoms with Gasteiger partial charge in [0.2, 0.25) is 5.91 Å². The number of hydrogen-bond donors (Lipinski definition) is 2. The van der Waals surface area contributed by atoms with Crippen molar-refractivity contribution in [1.29, 1.82) is 0 Å². The molecular formula is C30H59NO3. The molecule has 0 aliphatic rings. The summed E-state index contributed by atoms with van der Waals surface area (Å²) in [6.07, 6.45) is 28.0. The first-order valence-electron chi connectivity index (χ1n) is 15.0. The van der Waals surface area contributed by atoms with Gasteiger partial charge in [0.05, 0.1) is 18.4 Å². The number of aliphatic hydroxyl groups is 2. The van der Waals surface area contributed by atoms with Crippen LogP contribution in [0, 0.1) is 0 Å². The van der Waals surface area contributed by atoms with Gasteiger partial charge in [-0.15, -0.1) is 0 Å². The molecule has 0 radical (unpaired) electrons. The van der Waals surface area contributed by atoms with Gasteiger partial charge in [-0.1, -0.05) is 149 Å². The Morgan fingerprint density at radius 2 is 0.941 bits per heavy atom. The van der Waals surface area contributed by atoms with Gasteiger partial charge >= 0.3 is 0 Å². The van der Waals surface area contributed by atoms with E-state index in [0.717, 1.165) is 25.7 Å². The number of aliphatic hydroxyl groups excluding tert-OH is 2. The molecule has 1 unspecified atom stereocenters. The number of rotatable bonds is 26. The van der Waals surface area contributed by atoms with Crippen molar-refractivity contribution in [1.82, 2.24) is 0 Å². The molecule has 202 valence electrons. The number of unbranched alkanes of at least 4 members (excludes halogenated alkanes) is 20. The molecule has 0 saturated carbocycles. The fraction of sp³-hybridized carbons (Fsp3) is 0.933. The maximum atomic E-state index is 12.1. The highest BCUT2D eigenvalue weighted by Crippen LogP contribution is 2.14. The van der Waals surface area contributed by atoms with Crippen molar-refractivity contribution in [3.63, 3.8) is 0 Å². The summed E-state index contributed by atoms with van der Waals surface area (Å²) in [4.78, 5) is 16.1. The Balaban J connectivity index is 3.68. The third-order valence-electron chi connectivity index (χ3n) is 6.89. The number of nitrogens with zero attached hydrogens (tertiary/aromatic N) is 1. The van der Waals surface area contributed by atoms with Gasteiger partial charge in [-0.2, -0.15) is 0 Å². The highest BCUT2D eigenvalue weighted by Gasteiger charge is 2.13. The first-order valence-corrected chi connectivity index (χ1v) is 15.0. The molecule has 0 rings (SSSR count). The van der Waals surface area contributed by atoms with Gasteiger partial charge in [0.15, 0.2) is 0 Å². The van der Waals surface area contributed by atoms with Crippen molar-refractivity contribution in [2.45, 2.75) is 174 Å². The molecule has 0 aliphatic heterocycles. The average Bonchev–Trinajstić information content (AvgIpc) is 2.84. The van der Waals surface area contributed by atoms with Crippen LogP contribution in [0.15, 0.2) is 4.99 Å². The summed E-state index contributed by atoms with van der Waals surface area (Å²) in [6, 6.07) is 0. The van der Waals surface area contributed by atoms with Crippen LogP contribution in [0.25, 0.3) is 0 Å². The third-order valence-corrected chi connectivity index (χ3v) is 6.89. The monoisotopic (exact) mass is 481 g/mol. The van der Waals surface area contributed by atoms with Crippen LogP contribution >= 0.6 is 0 Å². The standard InChI is InChI=1S/C30H59NO3/c1-3-5-7-9-11-13-14-15-16-18-19-21-23-25-29(33)28(27-32)31-30(34)26-24-22-20-17-12-10-8-6-4-2/h29,32-33H,3-27H2,1-2H3. The maximum absolute atomic E-state index is 12.1. The predicted molar refractivity (Wildman–Crippen MR) is 148 cm³/mol. The number of carbonyl (C=O) groups is 1. The third kappa shape index (κ3) is 23.0. The molecule has 0 fully saturated rings. The van der Waals surface area contributed by atoms with Crippen LogP contribution in [0.2, 0.25) is 0 Å². The number of amides is 1. The Morgan fingerprint density at radius 3 is 1.32 bits per heavy atom. The van der Waals surface area contributed by atoms with E-state index in [2.05, 4.69) is 18.8 Å². The number of carbonyl (C=O) groups excluding carboxylic acids is 1. The van der Waals surface area contributed by atoms with E-state index in [9.17, 15) is 15.0 Å². The molecule has 0 saturated heterocycles. The Morgan fingerprint density at radius 1 is 0.588 bits per heavy atom. The fourth-order valence-corrected chi connectivity index (χ4v) is 4.54. The van der Waals surface area contributed by atoms with E-state index in [0.29, 0.717) is 12.8 Å². The van der Waals surface area contributed by atoms with E-state index in [1.807, 2.05) is 0 Å². The van der Waals surface area contributed by atoms with E-state index in [4.69, 9.17) is 0 Å². The summed E-state index contributed by atoms with van der Waals surface area (Å²) in [5.74, 6) is -0.198. The quantitative estimate of drug-likeness (QED) is 0.0958. The van der Waals surface area contributed by atoms with E-state index in [1.165, 1.54) is 116 Å². The molecule has 1 amide bonds.